The van der Waals surface area contributed by atoms with Crippen molar-refractivity contribution in [2.75, 3.05) is 19.3 Å². The number of amides is 1. The van der Waals surface area contributed by atoms with Gasteiger partial charge < -0.3 is 4.90 Å². The van der Waals surface area contributed by atoms with Crippen LogP contribution in [0.3, 0.4) is 0 Å². The smallest absolute Gasteiger partial charge is 0.265 e. The van der Waals surface area contributed by atoms with Gasteiger partial charge in [0.1, 0.15) is 9.77 Å². The van der Waals surface area contributed by atoms with E-state index in [0.29, 0.717) is 23.7 Å². The number of sulfone groups is 1. The summed E-state index contributed by atoms with van der Waals surface area (Å²) in [6, 6.07) is 0. The number of piperidine rings is 1. The molecule has 0 unspecified atom stereocenters. The lowest BCUT2D eigenvalue weighted by molar-refractivity contribution is 0.0709. The first kappa shape index (κ1) is 16.1. The van der Waals surface area contributed by atoms with Crippen molar-refractivity contribution in [3.63, 3.8) is 0 Å². The van der Waals surface area contributed by atoms with Crippen molar-refractivity contribution in [3.8, 4) is 0 Å². The average molecular weight is 354 g/mol. The lowest BCUT2D eigenvalue weighted by atomic mass is 9.94. The zero-order valence-corrected chi connectivity index (χ0v) is 14.6. The van der Waals surface area contributed by atoms with Gasteiger partial charge in [-0.1, -0.05) is 0 Å². The summed E-state index contributed by atoms with van der Waals surface area (Å²) in [6.45, 7) is 2.98. The summed E-state index contributed by atoms with van der Waals surface area (Å²) in [5.74, 6) is -0.0803. The number of nitrogens with zero attached hydrogens (tertiary/aromatic N) is 3. The van der Waals surface area contributed by atoms with E-state index in [2.05, 4.69) is 15.2 Å². The second-order valence-corrected chi connectivity index (χ2v) is 8.62. The van der Waals surface area contributed by atoms with Gasteiger partial charge in [-0.25, -0.2) is 13.4 Å². The van der Waals surface area contributed by atoms with Gasteiger partial charge >= 0.3 is 0 Å². The predicted octanol–water partition coefficient (Wildman–Crippen LogP) is 1.60. The van der Waals surface area contributed by atoms with Crippen LogP contribution in [0.2, 0.25) is 0 Å². The maximum absolute atomic E-state index is 12.6. The Hall–Kier alpha value is -1.74. The molecule has 7 nitrogen and oxygen atoms in total. The number of hydrogen-bond donors (Lipinski definition) is 1. The molecule has 9 heteroatoms. The van der Waals surface area contributed by atoms with Crippen LogP contribution in [-0.4, -0.2) is 53.8 Å². The summed E-state index contributed by atoms with van der Waals surface area (Å²) >= 11 is 1.34. The molecule has 124 valence electrons. The van der Waals surface area contributed by atoms with Crippen molar-refractivity contribution in [2.24, 2.45) is 0 Å². The number of aromatic nitrogens is 3. The Bertz CT molecular complexity index is 825. The van der Waals surface area contributed by atoms with Crippen LogP contribution in [-0.2, 0) is 9.84 Å². The van der Waals surface area contributed by atoms with Gasteiger partial charge in [-0.15, -0.1) is 11.3 Å². The summed E-state index contributed by atoms with van der Waals surface area (Å²) in [5.41, 5.74) is 3.01. The zero-order chi connectivity index (χ0) is 16.6. The third kappa shape index (κ3) is 3.16. The fourth-order valence-corrected chi connectivity index (χ4v) is 4.55. The van der Waals surface area contributed by atoms with E-state index in [1.165, 1.54) is 23.8 Å². The van der Waals surface area contributed by atoms with E-state index in [1.807, 2.05) is 6.92 Å². The minimum Gasteiger partial charge on any atom is -0.337 e. The van der Waals surface area contributed by atoms with Gasteiger partial charge in [-0.05, 0) is 19.8 Å². The van der Waals surface area contributed by atoms with E-state index in [1.54, 1.807) is 10.4 Å². The van der Waals surface area contributed by atoms with Crippen LogP contribution in [0.5, 0.6) is 0 Å². The lowest BCUT2D eigenvalue weighted by Gasteiger charge is -2.32. The first-order valence-corrected chi connectivity index (χ1v) is 10.1. The van der Waals surface area contributed by atoms with Gasteiger partial charge in [0.25, 0.3) is 5.91 Å². The molecule has 0 spiro atoms. The minimum absolute atomic E-state index is 0.0323. The van der Waals surface area contributed by atoms with Gasteiger partial charge in [0.15, 0.2) is 9.84 Å². The van der Waals surface area contributed by atoms with Gasteiger partial charge in [0.2, 0.25) is 0 Å². The van der Waals surface area contributed by atoms with Crippen molar-refractivity contribution in [2.45, 2.75) is 30.6 Å². The molecule has 1 amide bonds. The second-order valence-electron chi connectivity index (χ2n) is 5.78. The second kappa shape index (κ2) is 6.04. The molecule has 3 heterocycles. The first-order chi connectivity index (χ1) is 10.9. The van der Waals surface area contributed by atoms with Crippen LogP contribution in [0.25, 0.3) is 0 Å². The standard InChI is InChI=1S/C14H18N4O3S2/c1-9-13(22-8-15-9)14(19)18-5-3-4-10(7-18)12-11(6-16-17-12)23(2,20)21/h6,8,10H,3-5,7H2,1-2H3,(H,16,17)/t10-/m1/s1. The molecule has 23 heavy (non-hydrogen) atoms. The van der Waals surface area contributed by atoms with Gasteiger partial charge in [0.05, 0.1) is 23.1 Å². The van der Waals surface area contributed by atoms with E-state index >= 15 is 0 Å². The highest BCUT2D eigenvalue weighted by Crippen LogP contribution is 2.31. The monoisotopic (exact) mass is 354 g/mol. The van der Waals surface area contributed by atoms with Crippen LogP contribution >= 0.6 is 11.3 Å². The first-order valence-electron chi connectivity index (χ1n) is 7.30. The Morgan fingerprint density at radius 2 is 2.26 bits per heavy atom. The highest BCUT2D eigenvalue weighted by molar-refractivity contribution is 7.90. The van der Waals surface area contributed by atoms with Crippen molar-refractivity contribution in [1.82, 2.24) is 20.1 Å². The van der Waals surface area contributed by atoms with E-state index in [4.69, 9.17) is 0 Å². The third-order valence-corrected chi connectivity index (χ3v) is 6.13. The molecule has 1 saturated heterocycles. The van der Waals surface area contributed by atoms with E-state index in [-0.39, 0.29) is 16.7 Å². The molecule has 1 aliphatic rings. The number of aromatic amines is 1. The van der Waals surface area contributed by atoms with E-state index < -0.39 is 9.84 Å². The van der Waals surface area contributed by atoms with Crippen molar-refractivity contribution in [3.05, 3.63) is 28.0 Å². The molecule has 0 radical (unpaired) electrons. The third-order valence-electron chi connectivity index (χ3n) is 4.09. The number of carbonyl (C=O) groups excluding carboxylic acids is 1. The molecule has 0 bridgehead atoms. The van der Waals surface area contributed by atoms with Gasteiger partial charge in [-0.3, -0.25) is 9.89 Å². The molecule has 1 fully saturated rings. The summed E-state index contributed by atoms with van der Waals surface area (Å²) in [7, 11) is -3.33. The highest BCUT2D eigenvalue weighted by atomic mass is 32.2. The molecule has 1 atom stereocenters. The van der Waals surface area contributed by atoms with Crippen LogP contribution in [0.4, 0.5) is 0 Å². The Kier molecular flexibility index (Phi) is 4.24. The SMILES string of the molecule is Cc1ncsc1C(=O)N1CCC[C@@H](c2[nH]ncc2S(C)(=O)=O)C1. The molecular formula is C14H18N4O3S2. The predicted molar refractivity (Wildman–Crippen MR) is 86.4 cm³/mol. The van der Waals surface area contributed by atoms with Crippen molar-refractivity contribution >= 4 is 27.1 Å². The van der Waals surface area contributed by atoms with E-state index in [0.717, 1.165) is 18.5 Å². The van der Waals surface area contributed by atoms with Crippen LogP contribution < -0.4 is 0 Å². The largest absolute Gasteiger partial charge is 0.337 e. The summed E-state index contributed by atoms with van der Waals surface area (Å²) in [4.78, 5) is 19.4. The maximum Gasteiger partial charge on any atom is 0.265 e. The number of hydrogen-bond acceptors (Lipinski definition) is 6. The minimum atomic E-state index is -3.33. The molecule has 2 aromatic rings. The number of thiazole rings is 1. The number of carbonyl (C=O) groups is 1. The molecular weight excluding hydrogens is 336 g/mol. The lowest BCUT2D eigenvalue weighted by Crippen LogP contribution is -2.39. The Balaban J connectivity index is 1.84. The number of rotatable bonds is 3. The normalized spacial score (nSPS) is 19.0. The molecule has 1 N–H and O–H groups in total. The average Bonchev–Trinajstić information content (AvgIpc) is 3.15. The summed E-state index contributed by atoms with van der Waals surface area (Å²) in [6.07, 6.45) is 4.18. The van der Waals surface area contributed by atoms with Crippen molar-refractivity contribution < 1.29 is 13.2 Å². The number of likely N-dealkylation sites (tertiary alicyclic amines) is 1. The Labute approximate surface area is 138 Å². The molecule has 0 saturated carbocycles. The fourth-order valence-electron chi connectivity index (χ4n) is 2.92. The van der Waals surface area contributed by atoms with Crippen LogP contribution in [0.15, 0.2) is 16.6 Å². The van der Waals surface area contributed by atoms with E-state index in [9.17, 15) is 13.2 Å². The molecule has 2 aromatic heterocycles. The Morgan fingerprint density at radius 1 is 1.48 bits per heavy atom. The summed E-state index contributed by atoms with van der Waals surface area (Å²) in [5, 5.41) is 6.69. The maximum atomic E-state index is 12.6. The van der Waals surface area contributed by atoms with Crippen molar-refractivity contribution in [1.29, 1.82) is 0 Å². The van der Waals surface area contributed by atoms with Gasteiger partial charge in [0, 0.05) is 25.3 Å². The molecule has 3 rings (SSSR count). The topological polar surface area (TPSA) is 96.0 Å². The van der Waals surface area contributed by atoms with Crippen LogP contribution in [0.1, 0.15) is 39.8 Å². The highest BCUT2D eigenvalue weighted by Gasteiger charge is 2.30. The number of aryl methyl sites for hydroxylation is 1. The quantitative estimate of drug-likeness (QED) is 0.903. The zero-order valence-electron chi connectivity index (χ0n) is 12.9. The number of nitrogens with one attached hydrogen (secondary N) is 1. The fraction of sp³-hybridized carbons (Fsp3) is 0.500. The van der Waals surface area contributed by atoms with Gasteiger partial charge in [-0.2, -0.15) is 5.10 Å². The molecule has 0 aromatic carbocycles. The van der Waals surface area contributed by atoms with Crippen LogP contribution in [0, 0.1) is 6.92 Å². The summed E-state index contributed by atoms with van der Waals surface area (Å²) < 4.78 is 23.7. The number of H-pyrrole nitrogens is 1. The molecule has 0 aliphatic carbocycles. The Morgan fingerprint density at radius 3 is 2.91 bits per heavy atom. The molecule has 1 aliphatic heterocycles.